The molecule has 3 aliphatic rings. The van der Waals surface area contributed by atoms with Crippen molar-refractivity contribution in [3.63, 3.8) is 0 Å². The van der Waals surface area contributed by atoms with Crippen LogP contribution in [0.5, 0.6) is 0 Å². The Hall–Kier alpha value is -2.95. The average molecular weight is 539 g/mol. The smallest absolute Gasteiger partial charge is 0.404 e. The number of carbonyl (C=O) groups excluding carboxylic acids is 1. The van der Waals surface area contributed by atoms with Crippen molar-refractivity contribution in [1.82, 2.24) is 19.9 Å². The lowest BCUT2D eigenvalue weighted by Gasteiger charge is -2.29. The van der Waals surface area contributed by atoms with Crippen LogP contribution in [0.2, 0.25) is 0 Å². The Balaban J connectivity index is 1.29. The van der Waals surface area contributed by atoms with Crippen LogP contribution in [-0.4, -0.2) is 64.4 Å². The van der Waals surface area contributed by atoms with Gasteiger partial charge in [-0.25, -0.2) is 14.8 Å². The number of aromatic amines is 1. The number of nitrogens with zero attached hydrogens (tertiary/aromatic N) is 3. The van der Waals surface area contributed by atoms with Gasteiger partial charge in [0.05, 0.1) is 29.4 Å². The summed E-state index contributed by atoms with van der Waals surface area (Å²) in [6, 6.07) is 8.36. The summed E-state index contributed by atoms with van der Waals surface area (Å²) in [5, 5.41) is 3.61. The molecule has 4 atom stereocenters. The average Bonchev–Trinajstić information content (AvgIpc) is 3.57. The molecule has 4 N–H and O–H groups in total. The first-order valence-electron chi connectivity index (χ1n) is 11.9. The van der Waals surface area contributed by atoms with Crippen LogP contribution in [0.4, 0.5) is 10.5 Å². The van der Waals surface area contributed by atoms with Crippen molar-refractivity contribution in [2.75, 3.05) is 31.6 Å². The number of ether oxygens (including phenoxy) is 2. The second-order valence-corrected chi connectivity index (χ2v) is 10.2. The first-order valence-corrected chi connectivity index (χ1v) is 12.7. The Morgan fingerprint density at radius 2 is 2.11 bits per heavy atom. The zero-order chi connectivity index (χ0) is 23.9. The topological polar surface area (TPSA) is 118 Å². The van der Waals surface area contributed by atoms with Crippen molar-refractivity contribution < 1.29 is 14.3 Å². The molecule has 1 aliphatic heterocycles. The fourth-order valence-electron chi connectivity index (χ4n) is 5.47. The SMILES string of the molecule is NC(=O)O[C@@H]1[C@H](Nc2c(Br)cnc3nc(-c4cccc(CN5CCOCC5)c4)[nH]c23)[C@H]2C=C[C@@H]1C2. The third kappa shape index (κ3) is 4.41. The monoisotopic (exact) mass is 538 g/mol. The molecule has 182 valence electrons. The first-order chi connectivity index (χ1) is 17.0. The van der Waals surface area contributed by atoms with Gasteiger partial charge in [0.1, 0.15) is 17.4 Å². The molecular formula is C25H27BrN6O3. The molecule has 35 heavy (non-hydrogen) atoms. The second kappa shape index (κ2) is 9.25. The van der Waals surface area contributed by atoms with E-state index in [-0.39, 0.29) is 24.0 Å². The zero-order valence-corrected chi connectivity index (χ0v) is 20.7. The molecule has 1 saturated carbocycles. The minimum atomic E-state index is -0.748. The van der Waals surface area contributed by atoms with Crippen molar-refractivity contribution in [3.05, 3.63) is 52.7 Å². The van der Waals surface area contributed by atoms with Crippen molar-refractivity contribution in [2.45, 2.75) is 25.1 Å². The zero-order valence-electron chi connectivity index (χ0n) is 19.1. The van der Waals surface area contributed by atoms with Gasteiger partial charge in [-0.1, -0.05) is 30.4 Å². The molecule has 3 aromatic rings. The number of hydrogen-bond donors (Lipinski definition) is 3. The van der Waals surface area contributed by atoms with Crippen LogP contribution in [-0.2, 0) is 16.0 Å². The number of benzene rings is 1. The lowest BCUT2D eigenvalue weighted by Crippen LogP contribution is -2.41. The van der Waals surface area contributed by atoms with Gasteiger partial charge in [-0.05, 0) is 34.0 Å². The second-order valence-electron chi connectivity index (χ2n) is 9.37. The summed E-state index contributed by atoms with van der Waals surface area (Å²) in [5.41, 5.74) is 9.88. The molecular weight excluding hydrogens is 512 g/mol. The van der Waals surface area contributed by atoms with Gasteiger partial charge in [-0.3, -0.25) is 4.90 Å². The lowest BCUT2D eigenvalue weighted by atomic mass is 9.98. The molecule has 1 aromatic carbocycles. The number of hydrogen-bond acceptors (Lipinski definition) is 7. The largest absolute Gasteiger partial charge is 0.444 e. The highest BCUT2D eigenvalue weighted by atomic mass is 79.9. The van der Waals surface area contributed by atoms with Crippen molar-refractivity contribution >= 4 is 38.9 Å². The van der Waals surface area contributed by atoms with E-state index in [1.807, 2.05) is 0 Å². The van der Waals surface area contributed by atoms with Crippen LogP contribution in [0.1, 0.15) is 12.0 Å². The molecule has 1 saturated heterocycles. The van der Waals surface area contributed by atoms with E-state index in [2.05, 4.69) is 72.5 Å². The molecule has 0 spiro atoms. The minimum absolute atomic E-state index is 0.0806. The molecule has 0 radical (unpaired) electrons. The summed E-state index contributed by atoms with van der Waals surface area (Å²) in [5.74, 6) is 1.20. The van der Waals surface area contributed by atoms with Gasteiger partial charge >= 0.3 is 6.09 Å². The summed E-state index contributed by atoms with van der Waals surface area (Å²) >= 11 is 3.64. The highest BCUT2D eigenvalue weighted by Gasteiger charge is 2.47. The number of anilines is 1. The van der Waals surface area contributed by atoms with Gasteiger partial charge in [0.25, 0.3) is 0 Å². The maximum absolute atomic E-state index is 11.5. The summed E-state index contributed by atoms with van der Waals surface area (Å²) in [6.07, 6.45) is 5.93. The predicted octanol–water partition coefficient (Wildman–Crippen LogP) is 3.67. The first kappa shape index (κ1) is 22.5. The van der Waals surface area contributed by atoms with Crippen LogP contribution >= 0.6 is 15.9 Å². The number of imidazole rings is 1. The molecule has 2 fully saturated rings. The van der Waals surface area contributed by atoms with E-state index >= 15 is 0 Å². The van der Waals surface area contributed by atoms with Gasteiger partial charge in [0.2, 0.25) is 0 Å². The highest BCUT2D eigenvalue weighted by Crippen LogP contribution is 2.44. The number of H-pyrrole nitrogens is 1. The normalized spacial score (nSPS) is 25.9. The molecule has 2 aliphatic carbocycles. The number of amides is 1. The van der Waals surface area contributed by atoms with E-state index in [0.29, 0.717) is 5.65 Å². The maximum atomic E-state index is 11.5. The number of carbonyl (C=O) groups is 1. The van der Waals surface area contributed by atoms with Gasteiger partial charge in [0, 0.05) is 43.2 Å². The van der Waals surface area contributed by atoms with E-state index in [4.69, 9.17) is 20.2 Å². The number of morpholine rings is 1. The number of pyridine rings is 1. The molecule has 2 bridgehead atoms. The van der Waals surface area contributed by atoms with Crippen molar-refractivity contribution in [2.24, 2.45) is 17.6 Å². The van der Waals surface area contributed by atoms with Gasteiger partial charge < -0.3 is 25.5 Å². The summed E-state index contributed by atoms with van der Waals surface area (Å²) < 4.78 is 11.8. The van der Waals surface area contributed by atoms with E-state index in [9.17, 15) is 4.79 Å². The van der Waals surface area contributed by atoms with Gasteiger partial charge in [0.15, 0.2) is 5.65 Å². The highest BCUT2D eigenvalue weighted by molar-refractivity contribution is 9.10. The molecule has 3 heterocycles. The fraction of sp³-hybridized carbons (Fsp3) is 0.400. The summed E-state index contributed by atoms with van der Waals surface area (Å²) in [6.45, 7) is 4.33. The summed E-state index contributed by atoms with van der Waals surface area (Å²) in [7, 11) is 0. The fourth-order valence-corrected chi connectivity index (χ4v) is 5.89. The molecule has 10 heteroatoms. The number of halogens is 1. The van der Waals surface area contributed by atoms with Crippen LogP contribution < -0.4 is 11.1 Å². The Morgan fingerprint density at radius 1 is 1.29 bits per heavy atom. The quantitative estimate of drug-likeness (QED) is 0.409. The number of fused-ring (bicyclic) bond motifs is 3. The van der Waals surface area contributed by atoms with Crippen molar-refractivity contribution in [1.29, 1.82) is 0 Å². The van der Waals surface area contributed by atoms with E-state index < -0.39 is 6.09 Å². The number of rotatable bonds is 6. The Labute approximate surface area is 211 Å². The van der Waals surface area contributed by atoms with Crippen LogP contribution in [0.3, 0.4) is 0 Å². The van der Waals surface area contributed by atoms with E-state index in [1.165, 1.54) is 5.56 Å². The number of primary amides is 1. The minimum Gasteiger partial charge on any atom is -0.444 e. The molecule has 6 rings (SSSR count). The Bertz CT molecular complexity index is 1290. The van der Waals surface area contributed by atoms with Crippen LogP contribution in [0.25, 0.3) is 22.6 Å². The molecule has 9 nitrogen and oxygen atoms in total. The number of nitrogens with one attached hydrogen (secondary N) is 2. The third-order valence-electron chi connectivity index (χ3n) is 7.13. The molecule has 2 aromatic heterocycles. The lowest BCUT2D eigenvalue weighted by molar-refractivity contribution is 0.0342. The Kier molecular flexibility index (Phi) is 5.95. The number of nitrogens with two attached hydrogens (primary N) is 1. The third-order valence-corrected chi connectivity index (χ3v) is 7.74. The maximum Gasteiger partial charge on any atom is 0.404 e. The van der Waals surface area contributed by atoms with Crippen molar-refractivity contribution in [3.8, 4) is 11.4 Å². The van der Waals surface area contributed by atoms with E-state index in [1.54, 1.807) is 6.20 Å². The molecule has 1 amide bonds. The van der Waals surface area contributed by atoms with E-state index in [0.717, 1.165) is 66.3 Å². The van der Waals surface area contributed by atoms with Gasteiger partial charge in [-0.2, -0.15) is 0 Å². The van der Waals surface area contributed by atoms with Crippen LogP contribution in [0, 0.1) is 11.8 Å². The molecule has 0 unspecified atom stereocenters. The van der Waals surface area contributed by atoms with Crippen LogP contribution in [0.15, 0.2) is 47.1 Å². The summed E-state index contributed by atoms with van der Waals surface area (Å²) in [4.78, 5) is 26.7. The Morgan fingerprint density at radius 3 is 2.94 bits per heavy atom. The predicted molar refractivity (Wildman–Crippen MR) is 136 cm³/mol. The van der Waals surface area contributed by atoms with Gasteiger partial charge in [-0.15, -0.1) is 0 Å². The standard InChI is InChI=1S/C25H27BrN6O3/c26-18-12-28-24-21(20(18)29-19-15-4-5-16(11-15)22(19)35-25(27)33)30-23(31-24)17-3-1-2-14(10-17)13-32-6-8-34-9-7-32/h1-5,10,12,15-16,19,22H,6-9,11,13H2,(H2,27,33)(H2,28,29,30,31)/t15-,16+,19+,22-/m0/s1. The number of aromatic nitrogens is 3.